The lowest BCUT2D eigenvalue weighted by atomic mass is 9.93. The second-order valence-electron chi connectivity index (χ2n) is 10.4. The molecule has 1 aromatic carbocycles. The van der Waals surface area contributed by atoms with Gasteiger partial charge in [0.05, 0.1) is 11.7 Å². The van der Waals surface area contributed by atoms with E-state index < -0.39 is 5.60 Å². The molecule has 3 aromatic rings. The Morgan fingerprint density at radius 1 is 1.16 bits per heavy atom. The normalized spacial score (nSPS) is 17.9. The molecule has 1 N–H and O–H groups in total. The number of halogens is 1. The highest BCUT2D eigenvalue weighted by molar-refractivity contribution is 6.30. The van der Waals surface area contributed by atoms with Crippen LogP contribution in [0.4, 0.5) is 4.79 Å². The molecule has 1 saturated heterocycles. The van der Waals surface area contributed by atoms with Crippen LogP contribution in [0.2, 0.25) is 5.02 Å². The van der Waals surface area contributed by atoms with E-state index in [0.29, 0.717) is 43.6 Å². The van der Waals surface area contributed by atoms with Crippen LogP contribution in [-0.2, 0) is 17.9 Å². The molecule has 0 radical (unpaired) electrons. The van der Waals surface area contributed by atoms with Crippen molar-refractivity contribution in [1.29, 1.82) is 0 Å². The van der Waals surface area contributed by atoms with Gasteiger partial charge >= 0.3 is 6.09 Å². The number of nitrogens with zero attached hydrogens (tertiary/aromatic N) is 5. The second kappa shape index (κ2) is 10.9. The number of hydrogen-bond acceptors (Lipinski definition) is 6. The monoisotopic (exact) mass is 535 g/mol. The fourth-order valence-electron chi connectivity index (χ4n) is 5.09. The van der Waals surface area contributed by atoms with Gasteiger partial charge in [0, 0.05) is 56.3 Å². The maximum absolute atomic E-state index is 12.8. The van der Waals surface area contributed by atoms with E-state index in [1.54, 1.807) is 11.1 Å². The molecule has 2 aromatic heterocycles. The van der Waals surface area contributed by atoms with E-state index in [-0.39, 0.29) is 18.7 Å². The number of amides is 1. The maximum atomic E-state index is 12.8. The highest BCUT2D eigenvalue weighted by Crippen LogP contribution is 2.41. The number of piperazine rings is 1. The summed E-state index contributed by atoms with van der Waals surface area (Å²) in [5.74, 6) is 0.607. The first-order valence-electron chi connectivity index (χ1n) is 13.1. The summed E-state index contributed by atoms with van der Waals surface area (Å²) < 4.78 is 7.70. The highest BCUT2D eigenvalue weighted by atomic mass is 35.5. The predicted molar refractivity (Wildman–Crippen MR) is 148 cm³/mol. The Balaban J connectivity index is 1.48. The van der Waals surface area contributed by atoms with E-state index >= 15 is 0 Å². The Kier molecular flexibility index (Phi) is 7.56. The van der Waals surface area contributed by atoms with Crippen molar-refractivity contribution in [2.24, 2.45) is 0 Å². The summed E-state index contributed by atoms with van der Waals surface area (Å²) in [6.45, 7) is 8.84. The van der Waals surface area contributed by atoms with Crippen LogP contribution in [0.15, 0.2) is 48.9 Å². The van der Waals surface area contributed by atoms with Gasteiger partial charge in [-0.25, -0.2) is 9.78 Å². The molecule has 0 saturated carbocycles. The number of imidazole rings is 1. The zero-order chi connectivity index (χ0) is 26.9. The Labute approximate surface area is 228 Å². The van der Waals surface area contributed by atoms with Crippen LogP contribution in [0.3, 0.4) is 0 Å². The van der Waals surface area contributed by atoms with Crippen molar-refractivity contribution in [1.82, 2.24) is 24.3 Å². The van der Waals surface area contributed by atoms with Gasteiger partial charge in [0.1, 0.15) is 18.0 Å². The average Bonchev–Trinajstić information content (AvgIpc) is 3.32. The molecule has 9 heteroatoms. The summed E-state index contributed by atoms with van der Waals surface area (Å²) in [6, 6.07) is 9.97. The third-order valence-corrected chi connectivity index (χ3v) is 7.79. The lowest BCUT2D eigenvalue weighted by Gasteiger charge is -2.40. The van der Waals surface area contributed by atoms with Gasteiger partial charge in [-0.05, 0) is 66.8 Å². The fraction of sp³-hybridized carbons (Fsp3) is 0.414. The largest absolute Gasteiger partial charge is 0.443 e. The first-order chi connectivity index (χ1) is 18.3. The molecule has 200 valence electrons. The van der Waals surface area contributed by atoms with Crippen LogP contribution in [0, 0.1) is 0 Å². The third kappa shape index (κ3) is 5.34. The number of benzene rings is 1. The molecule has 0 bridgehead atoms. The molecular weight excluding hydrogens is 502 g/mol. The smallest absolute Gasteiger partial charge is 0.410 e. The molecule has 1 aliphatic heterocycles. The molecule has 1 unspecified atom stereocenters. The van der Waals surface area contributed by atoms with Crippen molar-refractivity contribution in [2.75, 3.05) is 26.2 Å². The van der Waals surface area contributed by atoms with Crippen LogP contribution in [-0.4, -0.2) is 67.3 Å². The molecule has 1 aliphatic carbocycles. The molecule has 1 atom stereocenters. The molecule has 0 spiro atoms. The van der Waals surface area contributed by atoms with Gasteiger partial charge in [0.25, 0.3) is 0 Å². The van der Waals surface area contributed by atoms with Crippen LogP contribution in [0.1, 0.15) is 61.4 Å². The lowest BCUT2D eigenvalue weighted by molar-refractivity contribution is 0.000441. The van der Waals surface area contributed by atoms with Crippen molar-refractivity contribution in [2.45, 2.75) is 52.0 Å². The first kappa shape index (κ1) is 26.4. The van der Waals surface area contributed by atoms with Crippen LogP contribution < -0.4 is 0 Å². The van der Waals surface area contributed by atoms with Gasteiger partial charge in [-0.15, -0.1) is 0 Å². The van der Waals surface area contributed by atoms with E-state index in [1.165, 1.54) is 0 Å². The van der Waals surface area contributed by atoms with Gasteiger partial charge in [0.2, 0.25) is 0 Å². The fourth-order valence-corrected chi connectivity index (χ4v) is 5.27. The highest BCUT2D eigenvalue weighted by Gasteiger charge is 2.35. The van der Waals surface area contributed by atoms with E-state index in [9.17, 15) is 9.90 Å². The van der Waals surface area contributed by atoms with Crippen molar-refractivity contribution in [3.63, 3.8) is 0 Å². The Hall–Kier alpha value is -3.20. The number of allylic oxidation sites excluding steroid dienone is 1. The molecule has 1 fully saturated rings. The number of aliphatic hydroxyl groups excluding tert-OH is 1. The molecule has 8 nitrogen and oxygen atoms in total. The van der Waals surface area contributed by atoms with E-state index in [1.807, 2.05) is 55.9 Å². The second-order valence-corrected chi connectivity index (χ2v) is 10.9. The van der Waals surface area contributed by atoms with Crippen LogP contribution in [0.5, 0.6) is 0 Å². The summed E-state index contributed by atoms with van der Waals surface area (Å²) in [4.78, 5) is 26.1. The van der Waals surface area contributed by atoms with E-state index in [2.05, 4.69) is 28.1 Å². The van der Waals surface area contributed by atoms with Gasteiger partial charge in [-0.3, -0.25) is 9.88 Å². The number of aliphatic hydroxyl groups is 1. The van der Waals surface area contributed by atoms with Crippen LogP contribution in [0.25, 0.3) is 11.6 Å². The summed E-state index contributed by atoms with van der Waals surface area (Å²) in [5, 5.41) is 10.4. The quantitative estimate of drug-likeness (QED) is 0.477. The van der Waals surface area contributed by atoms with Gasteiger partial charge in [-0.2, -0.15) is 0 Å². The van der Waals surface area contributed by atoms with Crippen molar-refractivity contribution in [3.05, 3.63) is 82.2 Å². The summed E-state index contributed by atoms with van der Waals surface area (Å²) >= 11 is 6.53. The summed E-state index contributed by atoms with van der Waals surface area (Å²) in [7, 11) is 0. The molecule has 5 rings (SSSR count). The van der Waals surface area contributed by atoms with Crippen molar-refractivity contribution in [3.8, 4) is 0 Å². The standard InChI is InChI=1S/C29H34ClN5O3/c1-4-29(2,3)38-28(37)34-14-12-33(13-15-34)27-23-8-7-22(30)17-24(23)21(16-20-6-5-9-32-26(20)27)18-35-11-10-31-25(35)19-36/h5-11,16-17,27,36H,4,12-15,18-19H2,1-3H3. The number of pyridine rings is 1. The summed E-state index contributed by atoms with van der Waals surface area (Å²) in [6.07, 6.45) is 8.08. The van der Waals surface area contributed by atoms with Crippen molar-refractivity contribution < 1.29 is 14.6 Å². The summed E-state index contributed by atoms with van der Waals surface area (Å²) in [5.41, 5.74) is 4.76. The van der Waals surface area contributed by atoms with Gasteiger partial charge < -0.3 is 19.3 Å². The topological polar surface area (TPSA) is 83.7 Å². The van der Waals surface area contributed by atoms with E-state index in [0.717, 1.165) is 34.4 Å². The molecule has 1 amide bonds. The zero-order valence-electron chi connectivity index (χ0n) is 22.1. The zero-order valence-corrected chi connectivity index (χ0v) is 22.9. The number of carbonyl (C=O) groups excluding carboxylic acids is 1. The lowest BCUT2D eigenvalue weighted by Crippen LogP contribution is -2.51. The molecular formula is C29H34ClN5O3. The number of hydrogen-bond donors (Lipinski definition) is 1. The third-order valence-electron chi connectivity index (χ3n) is 7.55. The minimum Gasteiger partial charge on any atom is -0.443 e. The van der Waals surface area contributed by atoms with Crippen LogP contribution >= 0.6 is 11.6 Å². The molecule has 2 aliphatic rings. The minimum atomic E-state index is -0.482. The Morgan fingerprint density at radius 2 is 1.95 bits per heavy atom. The Morgan fingerprint density at radius 3 is 2.68 bits per heavy atom. The van der Waals surface area contributed by atoms with Gasteiger partial charge in [0.15, 0.2) is 0 Å². The number of ether oxygens (including phenoxy) is 1. The molecule has 38 heavy (non-hydrogen) atoms. The average molecular weight is 536 g/mol. The Bertz CT molecular complexity index is 1340. The predicted octanol–water partition coefficient (Wildman–Crippen LogP) is 5.01. The van der Waals surface area contributed by atoms with Crippen molar-refractivity contribution >= 4 is 29.3 Å². The van der Waals surface area contributed by atoms with Gasteiger partial charge in [-0.1, -0.05) is 30.7 Å². The maximum Gasteiger partial charge on any atom is 0.410 e. The number of aromatic nitrogens is 3. The minimum absolute atomic E-state index is 0.0995. The SMILES string of the molecule is CCC(C)(C)OC(=O)N1CCN(C2c3ccc(Cl)cc3C(Cn3ccnc3CO)=Cc3cccnc32)CC1. The number of fused-ring (bicyclic) bond motifs is 2. The molecule has 3 heterocycles. The van der Waals surface area contributed by atoms with E-state index in [4.69, 9.17) is 21.3 Å². The number of rotatable bonds is 6. The number of carbonyl (C=O) groups is 1. The first-order valence-corrected chi connectivity index (χ1v) is 13.5.